The molecule has 0 bridgehead atoms. The smallest absolute Gasteiger partial charge is 0.480 e. The highest BCUT2D eigenvalue weighted by Gasteiger charge is 2.27. The Labute approximate surface area is 117 Å². The molecule has 6 heteroatoms. The van der Waals surface area contributed by atoms with Gasteiger partial charge in [0.1, 0.15) is 6.04 Å². The lowest BCUT2D eigenvalue weighted by molar-refractivity contribution is -0.171. The number of likely N-dealkylation sites (N-methyl/N-ethyl adjacent to an activating group) is 1. The summed E-state index contributed by atoms with van der Waals surface area (Å²) in [7, 11) is 1.39. The highest BCUT2D eigenvalue weighted by Crippen LogP contribution is 2.09. The van der Waals surface area contributed by atoms with Crippen molar-refractivity contribution in [2.24, 2.45) is 0 Å². The average molecular weight is 281 g/mol. The second-order valence-electron chi connectivity index (χ2n) is 4.60. The van der Waals surface area contributed by atoms with E-state index in [1.54, 1.807) is 13.8 Å². The number of carboxylic acid groups (broad SMARTS) is 1. The van der Waals surface area contributed by atoms with Crippen LogP contribution in [0, 0.1) is 0 Å². The van der Waals surface area contributed by atoms with E-state index in [1.165, 1.54) is 7.05 Å². The average Bonchev–Trinajstić information content (AvgIpc) is 2.35. The molecule has 0 aromatic heterocycles. The summed E-state index contributed by atoms with van der Waals surface area (Å²) in [5, 5.41) is 10.2. The van der Waals surface area contributed by atoms with Crippen LogP contribution in [-0.4, -0.2) is 41.5 Å². The second kappa shape index (κ2) is 7.49. The monoisotopic (exact) mass is 281 g/mol. The van der Waals surface area contributed by atoms with Crippen LogP contribution in [0.15, 0.2) is 30.3 Å². The summed E-state index contributed by atoms with van der Waals surface area (Å²) in [6.07, 6.45) is -1.02. The molecule has 20 heavy (non-hydrogen) atoms. The molecular weight excluding hydrogens is 262 g/mol. The van der Waals surface area contributed by atoms with Crippen molar-refractivity contribution < 1.29 is 24.3 Å². The van der Waals surface area contributed by atoms with Gasteiger partial charge in [0, 0.05) is 13.5 Å². The molecule has 6 nitrogen and oxygen atoms in total. The van der Waals surface area contributed by atoms with Crippen LogP contribution in [0.3, 0.4) is 0 Å². The Kier molecular flexibility index (Phi) is 5.99. The molecule has 0 amide bonds. The Bertz CT molecular complexity index is 446. The normalized spacial score (nSPS) is 12.2. The number of hydrogen-bond donors (Lipinski definition) is 1. The van der Waals surface area contributed by atoms with Crippen LogP contribution in [0.4, 0.5) is 4.79 Å². The van der Waals surface area contributed by atoms with E-state index in [1.807, 2.05) is 30.3 Å². The standard InChI is InChI=1S/C14H19NO5/c1-10(2)19-14(18)20-15(3)12(13(16)17)9-11-7-5-4-6-8-11/h4-8,10,12H,9H2,1-3H3,(H,16,17). The second-order valence-corrected chi connectivity index (χ2v) is 4.60. The zero-order chi connectivity index (χ0) is 15.1. The van der Waals surface area contributed by atoms with Gasteiger partial charge in [0.2, 0.25) is 0 Å². The van der Waals surface area contributed by atoms with Gasteiger partial charge in [0.05, 0.1) is 6.10 Å². The quantitative estimate of drug-likeness (QED) is 0.635. The zero-order valence-corrected chi connectivity index (χ0v) is 11.8. The van der Waals surface area contributed by atoms with Crippen LogP contribution in [0.2, 0.25) is 0 Å². The lowest BCUT2D eigenvalue weighted by atomic mass is 10.1. The summed E-state index contributed by atoms with van der Waals surface area (Å²) < 4.78 is 4.81. The van der Waals surface area contributed by atoms with E-state index in [0.29, 0.717) is 0 Å². The Morgan fingerprint density at radius 3 is 2.35 bits per heavy atom. The Hall–Kier alpha value is -2.08. The van der Waals surface area contributed by atoms with Crippen molar-refractivity contribution >= 4 is 12.1 Å². The molecule has 1 unspecified atom stereocenters. The zero-order valence-electron chi connectivity index (χ0n) is 11.8. The summed E-state index contributed by atoms with van der Waals surface area (Å²) in [4.78, 5) is 27.5. The number of rotatable bonds is 6. The van der Waals surface area contributed by atoms with Gasteiger partial charge in [-0.05, 0) is 19.4 Å². The Morgan fingerprint density at radius 2 is 1.85 bits per heavy atom. The first-order chi connectivity index (χ1) is 9.40. The lowest BCUT2D eigenvalue weighted by Crippen LogP contribution is -2.41. The lowest BCUT2D eigenvalue weighted by Gasteiger charge is -2.23. The topological polar surface area (TPSA) is 76.1 Å². The minimum atomic E-state index is -1.08. The van der Waals surface area contributed by atoms with Crippen LogP contribution < -0.4 is 0 Å². The van der Waals surface area contributed by atoms with E-state index in [9.17, 15) is 14.7 Å². The van der Waals surface area contributed by atoms with Crippen LogP contribution in [0.25, 0.3) is 0 Å². The van der Waals surface area contributed by atoms with Crippen molar-refractivity contribution in [3.63, 3.8) is 0 Å². The molecule has 0 saturated carbocycles. The summed E-state index contributed by atoms with van der Waals surface area (Å²) in [5.74, 6) is -1.08. The maximum atomic E-state index is 11.4. The van der Waals surface area contributed by atoms with Crippen LogP contribution in [0.1, 0.15) is 19.4 Å². The van der Waals surface area contributed by atoms with Crippen LogP contribution in [-0.2, 0) is 20.8 Å². The molecule has 0 aliphatic heterocycles. The van der Waals surface area contributed by atoms with Gasteiger partial charge < -0.3 is 14.7 Å². The van der Waals surface area contributed by atoms with Gasteiger partial charge in [0.15, 0.2) is 0 Å². The molecule has 1 rings (SSSR count). The fourth-order valence-corrected chi connectivity index (χ4v) is 1.60. The molecule has 0 aliphatic rings. The highest BCUT2D eigenvalue weighted by atomic mass is 16.8. The molecule has 1 aromatic rings. The molecule has 0 radical (unpaired) electrons. The Balaban J connectivity index is 2.66. The number of carboxylic acids is 1. The number of carbonyl (C=O) groups excluding carboxylic acids is 1. The van der Waals surface area contributed by atoms with Crippen molar-refractivity contribution in [3.05, 3.63) is 35.9 Å². The van der Waals surface area contributed by atoms with Gasteiger partial charge in [-0.25, -0.2) is 4.79 Å². The van der Waals surface area contributed by atoms with E-state index in [4.69, 9.17) is 9.57 Å². The predicted molar refractivity (Wildman–Crippen MR) is 72.0 cm³/mol. The van der Waals surface area contributed by atoms with Gasteiger partial charge in [-0.3, -0.25) is 4.79 Å². The van der Waals surface area contributed by atoms with E-state index in [-0.39, 0.29) is 12.5 Å². The van der Waals surface area contributed by atoms with Crippen molar-refractivity contribution in [2.75, 3.05) is 7.05 Å². The van der Waals surface area contributed by atoms with Crippen molar-refractivity contribution in [2.45, 2.75) is 32.4 Å². The van der Waals surface area contributed by atoms with E-state index in [0.717, 1.165) is 10.6 Å². The highest BCUT2D eigenvalue weighted by molar-refractivity contribution is 5.74. The minimum Gasteiger partial charge on any atom is -0.480 e. The van der Waals surface area contributed by atoms with E-state index >= 15 is 0 Å². The third kappa shape index (κ3) is 5.27. The largest absolute Gasteiger partial charge is 0.528 e. The molecule has 0 fully saturated rings. The van der Waals surface area contributed by atoms with Gasteiger partial charge in [-0.2, -0.15) is 0 Å². The SMILES string of the molecule is CC(C)OC(=O)ON(C)C(Cc1ccccc1)C(=O)O. The van der Waals surface area contributed by atoms with Crippen LogP contribution >= 0.6 is 0 Å². The molecule has 0 heterocycles. The number of benzene rings is 1. The van der Waals surface area contributed by atoms with Gasteiger partial charge in [0.25, 0.3) is 0 Å². The molecule has 1 aromatic carbocycles. The number of ether oxygens (including phenoxy) is 1. The summed E-state index contributed by atoms with van der Waals surface area (Å²) in [6, 6.07) is 8.15. The van der Waals surface area contributed by atoms with E-state index < -0.39 is 18.2 Å². The van der Waals surface area contributed by atoms with Crippen molar-refractivity contribution in [3.8, 4) is 0 Å². The van der Waals surface area contributed by atoms with Crippen molar-refractivity contribution in [1.29, 1.82) is 0 Å². The number of hydroxylamine groups is 2. The first-order valence-corrected chi connectivity index (χ1v) is 6.28. The summed E-state index contributed by atoms with van der Waals surface area (Å²) in [5.41, 5.74) is 0.840. The molecule has 1 N–H and O–H groups in total. The van der Waals surface area contributed by atoms with Crippen molar-refractivity contribution in [1.82, 2.24) is 5.06 Å². The first kappa shape index (κ1) is 16.0. The summed E-state index contributed by atoms with van der Waals surface area (Å²) >= 11 is 0. The molecule has 0 aliphatic carbocycles. The number of nitrogens with zero attached hydrogens (tertiary/aromatic N) is 1. The molecule has 1 atom stereocenters. The third-order valence-corrected chi connectivity index (χ3v) is 2.55. The first-order valence-electron chi connectivity index (χ1n) is 6.28. The van der Waals surface area contributed by atoms with Crippen LogP contribution in [0.5, 0.6) is 0 Å². The number of hydrogen-bond acceptors (Lipinski definition) is 5. The summed E-state index contributed by atoms with van der Waals surface area (Å²) in [6.45, 7) is 3.36. The fourth-order valence-electron chi connectivity index (χ4n) is 1.60. The minimum absolute atomic E-state index is 0.224. The fraction of sp³-hybridized carbons (Fsp3) is 0.429. The molecule has 110 valence electrons. The third-order valence-electron chi connectivity index (χ3n) is 2.55. The molecule has 0 spiro atoms. The maximum absolute atomic E-state index is 11.4. The molecule has 0 saturated heterocycles. The maximum Gasteiger partial charge on any atom is 0.528 e. The predicted octanol–water partition coefficient (Wildman–Crippen LogP) is 2.09. The number of aliphatic carboxylic acids is 1. The van der Waals surface area contributed by atoms with E-state index in [2.05, 4.69) is 0 Å². The van der Waals surface area contributed by atoms with Gasteiger partial charge in [-0.1, -0.05) is 30.3 Å². The van der Waals surface area contributed by atoms with Gasteiger partial charge in [-0.15, -0.1) is 5.06 Å². The van der Waals surface area contributed by atoms with Gasteiger partial charge >= 0.3 is 12.1 Å². The number of carbonyl (C=O) groups is 2. The Morgan fingerprint density at radius 1 is 1.25 bits per heavy atom. The molecular formula is C14H19NO5.